The van der Waals surface area contributed by atoms with E-state index in [1.54, 1.807) is 0 Å². The highest BCUT2D eigenvalue weighted by atomic mass is 15.3. The zero-order valence-electron chi connectivity index (χ0n) is 18.8. The molecule has 0 aromatic heterocycles. The second-order valence-electron chi connectivity index (χ2n) is 8.75. The molecule has 1 heterocycles. The molecule has 0 spiro atoms. The van der Waals surface area contributed by atoms with Crippen LogP contribution in [0.5, 0.6) is 0 Å². The fraction of sp³-hybridized carbons (Fsp3) is 0.708. The van der Waals surface area contributed by atoms with Gasteiger partial charge in [0, 0.05) is 50.7 Å². The van der Waals surface area contributed by atoms with E-state index in [1.165, 1.54) is 64.0 Å². The number of rotatable bonds is 8. The number of piperazine rings is 1. The van der Waals surface area contributed by atoms with Gasteiger partial charge in [0.25, 0.3) is 0 Å². The molecule has 2 N–H and O–H groups in total. The molecule has 0 radical (unpaired) electrons. The van der Waals surface area contributed by atoms with E-state index in [4.69, 9.17) is 4.99 Å². The van der Waals surface area contributed by atoms with Gasteiger partial charge in [0.05, 0.1) is 6.54 Å². The van der Waals surface area contributed by atoms with Crippen LogP contribution in [-0.2, 0) is 5.41 Å². The van der Waals surface area contributed by atoms with Gasteiger partial charge in [-0.2, -0.15) is 0 Å². The Labute approximate surface area is 178 Å². The fourth-order valence-electron chi connectivity index (χ4n) is 4.85. The molecule has 1 aliphatic heterocycles. The Kier molecular flexibility index (Phi) is 8.37. The average molecular weight is 400 g/mol. The van der Waals surface area contributed by atoms with Crippen LogP contribution in [0.15, 0.2) is 35.3 Å². The monoisotopic (exact) mass is 399 g/mol. The summed E-state index contributed by atoms with van der Waals surface area (Å²) >= 11 is 0. The van der Waals surface area contributed by atoms with Gasteiger partial charge in [-0.25, -0.2) is 0 Å². The van der Waals surface area contributed by atoms with E-state index >= 15 is 0 Å². The number of likely N-dealkylation sites (N-methyl/N-ethyl adjacent to an activating group) is 1. The van der Waals surface area contributed by atoms with Crippen molar-refractivity contribution in [2.45, 2.75) is 57.9 Å². The van der Waals surface area contributed by atoms with Crippen LogP contribution in [0, 0.1) is 0 Å². The summed E-state index contributed by atoms with van der Waals surface area (Å²) < 4.78 is 0. The van der Waals surface area contributed by atoms with E-state index in [0.29, 0.717) is 6.04 Å². The predicted octanol–water partition coefficient (Wildman–Crippen LogP) is 3.08. The first kappa shape index (κ1) is 22.1. The Balaban J connectivity index is 1.58. The van der Waals surface area contributed by atoms with Gasteiger partial charge < -0.3 is 15.5 Å². The highest BCUT2D eigenvalue weighted by Crippen LogP contribution is 2.41. The molecule has 162 valence electrons. The van der Waals surface area contributed by atoms with Crippen molar-refractivity contribution in [2.75, 3.05) is 52.4 Å². The minimum Gasteiger partial charge on any atom is -0.357 e. The lowest BCUT2D eigenvalue weighted by Crippen LogP contribution is -2.53. The van der Waals surface area contributed by atoms with E-state index in [9.17, 15) is 0 Å². The van der Waals surface area contributed by atoms with Crippen molar-refractivity contribution >= 4 is 5.96 Å². The molecule has 1 saturated heterocycles. The summed E-state index contributed by atoms with van der Waals surface area (Å²) in [7, 11) is 0. The molecular formula is C24H41N5. The largest absolute Gasteiger partial charge is 0.357 e. The van der Waals surface area contributed by atoms with Crippen LogP contribution < -0.4 is 10.6 Å². The number of guanidine groups is 1. The van der Waals surface area contributed by atoms with Crippen LogP contribution in [0.25, 0.3) is 0 Å². The van der Waals surface area contributed by atoms with Gasteiger partial charge >= 0.3 is 0 Å². The number of hydrogen-bond donors (Lipinski definition) is 2. The molecule has 1 saturated carbocycles. The van der Waals surface area contributed by atoms with Crippen molar-refractivity contribution in [1.82, 2.24) is 20.4 Å². The molecule has 3 rings (SSSR count). The van der Waals surface area contributed by atoms with Gasteiger partial charge in [-0.3, -0.25) is 9.89 Å². The minimum absolute atomic E-state index is 0.214. The third-order valence-electron chi connectivity index (χ3n) is 6.87. The van der Waals surface area contributed by atoms with E-state index in [0.717, 1.165) is 25.6 Å². The highest BCUT2D eigenvalue weighted by molar-refractivity contribution is 5.79. The molecule has 1 aromatic carbocycles. The molecule has 0 bridgehead atoms. The van der Waals surface area contributed by atoms with Crippen molar-refractivity contribution < 1.29 is 0 Å². The standard InChI is InChI=1S/C24H41N5/c1-4-25-23(26-19-21(3)29-17-15-28(5-2)16-18-29)27-20-24(13-9-10-14-24)22-11-7-6-8-12-22/h6-8,11-12,21H,4-5,9-10,13-20H2,1-3H3,(H2,25,26,27). The maximum atomic E-state index is 5.05. The average Bonchev–Trinajstić information content (AvgIpc) is 3.26. The van der Waals surface area contributed by atoms with E-state index in [1.807, 2.05) is 0 Å². The Morgan fingerprint density at radius 1 is 1.03 bits per heavy atom. The topological polar surface area (TPSA) is 42.9 Å². The predicted molar refractivity (Wildman–Crippen MR) is 124 cm³/mol. The maximum Gasteiger partial charge on any atom is 0.191 e. The number of benzene rings is 1. The van der Waals surface area contributed by atoms with Crippen LogP contribution in [0.3, 0.4) is 0 Å². The quantitative estimate of drug-likeness (QED) is 0.521. The van der Waals surface area contributed by atoms with E-state index in [2.05, 4.69) is 71.5 Å². The summed E-state index contributed by atoms with van der Waals surface area (Å²) in [5.41, 5.74) is 1.67. The molecule has 1 aromatic rings. The van der Waals surface area contributed by atoms with E-state index in [-0.39, 0.29) is 5.41 Å². The summed E-state index contributed by atoms with van der Waals surface area (Å²) in [6.45, 7) is 15.3. The van der Waals surface area contributed by atoms with Gasteiger partial charge in [0.1, 0.15) is 0 Å². The zero-order valence-corrected chi connectivity index (χ0v) is 18.8. The Morgan fingerprint density at radius 3 is 2.34 bits per heavy atom. The second-order valence-corrected chi connectivity index (χ2v) is 8.75. The van der Waals surface area contributed by atoms with Gasteiger partial charge in [-0.1, -0.05) is 50.1 Å². The van der Waals surface area contributed by atoms with Gasteiger partial charge in [0.15, 0.2) is 5.96 Å². The number of aliphatic imine (C=N–C) groups is 1. The fourth-order valence-corrected chi connectivity index (χ4v) is 4.85. The van der Waals surface area contributed by atoms with Crippen LogP contribution in [-0.4, -0.2) is 74.2 Å². The molecule has 5 heteroatoms. The van der Waals surface area contributed by atoms with Gasteiger partial charge in [-0.15, -0.1) is 0 Å². The summed E-state index contributed by atoms with van der Waals surface area (Å²) in [5, 5.41) is 7.08. The first-order valence-electron chi connectivity index (χ1n) is 11.7. The maximum absolute atomic E-state index is 5.05. The number of nitrogens with zero attached hydrogens (tertiary/aromatic N) is 3. The lowest BCUT2D eigenvalue weighted by atomic mass is 9.79. The highest BCUT2D eigenvalue weighted by Gasteiger charge is 2.35. The van der Waals surface area contributed by atoms with Crippen molar-refractivity contribution in [3.63, 3.8) is 0 Å². The molecule has 5 nitrogen and oxygen atoms in total. The van der Waals surface area contributed by atoms with Crippen molar-refractivity contribution in [3.05, 3.63) is 35.9 Å². The van der Waals surface area contributed by atoms with Crippen molar-refractivity contribution in [3.8, 4) is 0 Å². The lowest BCUT2D eigenvalue weighted by molar-refractivity contribution is 0.107. The summed E-state index contributed by atoms with van der Waals surface area (Å²) in [6.07, 6.45) is 5.13. The number of hydrogen-bond acceptors (Lipinski definition) is 3. The second kappa shape index (κ2) is 11.0. The molecule has 2 aliphatic rings. The molecular weight excluding hydrogens is 358 g/mol. The van der Waals surface area contributed by atoms with Crippen molar-refractivity contribution in [1.29, 1.82) is 0 Å². The third kappa shape index (κ3) is 5.95. The molecule has 1 unspecified atom stereocenters. The molecule has 29 heavy (non-hydrogen) atoms. The Bertz CT molecular complexity index is 615. The van der Waals surface area contributed by atoms with Crippen LogP contribution in [0.1, 0.15) is 52.0 Å². The van der Waals surface area contributed by atoms with E-state index < -0.39 is 0 Å². The lowest BCUT2D eigenvalue weighted by Gasteiger charge is -2.37. The van der Waals surface area contributed by atoms with Crippen LogP contribution in [0.4, 0.5) is 0 Å². The van der Waals surface area contributed by atoms with Gasteiger partial charge in [0.2, 0.25) is 0 Å². The first-order chi connectivity index (χ1) is 14.2. The molecule has 2 fully saturated rings. The molecule has 1 aliphatic carbocycles. The normalized spacial score (nSPS) is 21.8. The summed E-state index contributed by atoms with van der Waals surface area (Å²) in [4.78, 5) is 10.2. The molecule has 0 amide bonds. The number of nitrogens with one attached hydrogen (secondary N) is 2. The minimum atomic E-state index is 0.214. The van der Waals surface area contributed by atoms with Crippen LogP contribution >= 0.6 is 0 Å². The summed E-state index contributed by atoms with van der Waals surface area (Å²) in [5.74, 6) is 0.966. The third-order valence-corrected chi connectivity index (χ3v) is 6.87. The Morgan fingerprint density at radius 2 is 1.72 bits per heavy atom. The van der Waals surface area contributed by atoms with Crippen molar-refractivity contribution in [2.24, 2.45) is 4.99 Å². The Hall–Kier alpha value is -1.59. The SMILES string of the molecule is CCNC(=NCC1(c2ccccc2)CCCC1)NCC(C)N1CCN(CC)CC1. The van der Waals surface area contributed by atoms with Crippen LogP contribution in [0.2, 0.25) is 0 Å². The zero-order chi connectivity index (χ0) is 20.5. The van der Waals surface area contributed by atoms with Gasteiger partial charge in [-0.05, 0) is 38.8 Å². The summed E-state index contributed by atoms with van der Waals surface area (Å²) in [6, 6.07) is 11.6. The first-order valence-corrected chi connectivity index (χ1v) is 11.7. The smallest absolute Gasteiger partial charge is 0.191 e. The molecule has 1 atom stereocenters.